The number of hydrogen-bond donors (Lipinski definition) is 3. The highest BCUT2D eigenvalue weighted by atomic mass is 16.5. The second kappa shape index (κ2) is 8.12. The van der Waals surface area contributed by atoms with Crippen LogP contribution in [0.5, 0.6) is 5.75 Å². The van der Waals surface area contributed by atoms with Gasteiger partial charge in [-0.2, -0.15) is 0 Å². The largest absolute Gasteiger partial charge is 0.483 e. The van der Waals surface area contributed by atoms with Crippen LogP contribution in [0.4, 0.5) is 0 Å². The third-order valence-electron chi connectivity index (χ3n) is 3.85. The Morgan fingerprint density at radius 2 is 2.18 bits per heavy atom. The van der Waals surface area contributed by atoms with E-state index in [1.165, 1.54) is 4.90 Å². The topological polar surface area (TPSA) is 73.8 Å². The molecule has 1 aromatic carbocycles. The fourth-order valence-corrected chi connectivity index (χ4v) is 2.38. The molecule has 1 heterocycles. The summed E-state index contributed by atoms with van der Waals surface area (Å²) in [5.41, 5.74) is 1.01. The molecular weight excluding hydrogens is 282 g/mol. The zero-order chi connectivity index (χ0) is 15.9. The molecule has 22 heavy (non-hydrogen) atoms. The number of β-amino-alcohol motifs (C(OH)–C–C–N with tert-alkyl or cyclic N) is 1. The Morgan fingerprint density at radius 3 is 2.86 bits per heavy atom. The van der Waals surface area contributed by atoms with E-state index in [1.807, 2.05) is 24.3 Å². The molecule has 2 unspecified atom stereocenters. The zero-order valence-electron chi connectivity index (χ0n) is 13.2. The van der Waals surface area contributed by atoms with Gasteiger partial charge in [-0.15, -0.1) is 0 Å². The molecule has 2 rings (SSSR count). The summed E-state index contributed by atoms with van der Waals surface area (Å²) in [6.07, 6.45) is -0.281. The van der Waals surface area contributed by atoms with Gasteiger partial charge in [-0.1, -0.05) is 18.2 Å². The van der Waals surface area contributed by atoms with Gasteiger partial charge >= 0.3 is 0 Å². The van der Waals surface area contributed by atoms with E-state index in [1.54, 1.807) is 14.1 Å². The summed E-state index contributed by atoms with van der Waals surface area (Å²) in [5.74, 6) is 0.890. The molecule has 0 bridgehead atoms. The molecular formula is C16H25N3O3. The maximum Gasteiger partial charge on any atom is 0.259 e. The number of hydrogen-bond acceptors (Lipinski definition) is 5. The van der Waals surface area contributed by atoms with Crippen molar-refractivity contribution in [2.45, 2.75) is 12.6 Å². The highest BCUT2D eigenvalue weighted by Gasteiger charge is 2.24. The third-order valence-corrected chi connectivity index (χ3v) is 3.85. The molecule has 1 aliphatic heterocycles. The Morgan fingerprint density at radius 1 is 1.41 bits per heavy atom. The third kappa shape index (κ3) is 4.69. The summed E-state index contributed by atoms with van der Waals surface area (Å²) >= 11 is 0. The van der Waals surface area contributed by atoms with E-state index in [4.69, 9.17) is 4.74 Å². The van der Waals surface area contributed by atoms with Gasteiger partial charge in [0.25, 0.3) is 5.91 Å². The highest BCUT2D eigenvalue weighted by Crippen LogP contribution is 2.18. The first kappa shape index (κ1) is 16.7. The molecule has 6 nitrogen and oxygen atoms in total. The molecule has 0 radical (unpaired) electrons. The number of likely N-dealkylation sites (N-methyl/N-ethyl adjacent to an activating group) is 1. The van der Waals surface area contributed by atoms with Crippen LogP contribution in [0.2, 0.25) is 0 Å². The molecule has 0 aromatic heterocycles. The van der Waals surface area contributed by atoms with E-state index < -0.39 is 0 Å². The maximum atomic E-state index is 11.6. The molecule has 1 aromatic rings. The van der Waals surface area contributed by atoms with Crippen molar-refractivity contribution in [2.75, 3.05) is 40.3 Å². The molecule has 2 atom stereocenters. The van der Waals surface area contributed by atoms with Crippen LogP contribution in [0.3, 0.4) is 0 Å². The summed E-state index contributed by atoms with van der Waals surface area (Å²) in [5, 5.41) is 16.3. The SMILES string of the molecule is CN(C)C(=O)COc1ccccc1CNCC1CNCC1O. The van der Waals surface area contributed by atoms with E-state index >= 15 is 0 Å². The lowest BCUT2D eigenvalue weighted by Crippen LogP contribution is -2.30. The van der Waals surface area contributed by atoms with Gasteiger partial charge in [-0.25, -0.2) is 0 Å². The van der Waals surface area contributed by atoms with Crippen molar-refractivity contribution >= 4 is 5.91 Å². The number of carbonyl (C=O) groups excluding carboxylic acids is 1. The van der Waals surface area contributed by atoms with Crippen LogP contribution in [0.25, 0.3) is 0 Å². The minimum atomic E-state index is -0.281. The van der Waals surface area contributed by atoms with Crippen molar-refractivity contribution in [1.29, 1.82) is 0 Å². The van der Waals surface area contributed by atoms with E-state index in [0.29, 0.717) is 13.1 Å². The predicted molar refractivity (Wildman–Crippen MR) is 84.7 cm³/mol. The van der Waals surface area contributed by atoms with E-state index in [2.05, 4.69) is 10.6 Å². The molecule has 0 spiro atoms. The number of aliphatic hydroxyl groups excluding tert-OH is 1. The van der Waals surface area contributed by atoms with Gasteiger partial charge in [-0.05, 0) is 6.07 Å². The summed E-state index contributed by atoms with van der Waals surface area (Å²) in [4.78, 5) is 13.1. The van der Waals surface area contributed by atoms with Gasteiger partial charge < -0.3 is 25.4 Å². The number of nitrogens with one attached hydrogen (secondary N) is 2. The minimum Gasteiger partial charge on any atom is -0.483 e. The molecule has 0 saturated carbocycles. The first-order valence-electron chi connectivity index (χ1n) is 7.58. The Kier molecular flexibility index (Phi) is 6.18. The molecule has 0 aliphatic carbocycles. The van der Waals surface area contributed by atoms with Crippen LogP contribution in [0.1, 0.15) is 5.56 Å². The lowest BCUT2D eigenvalue weighted by Gasteiger charge is -2.16. The molecule has 1 amide bonds. The van der Waals surface area contributed by atoms with Gasteiger partial charge in [0.1, 0.15) is 5.75 Å². The first-order valence-corrected chi connectivity index (χ1v) is 7.58. The molecule has 3 N–H and O–H groups in total. The average Bonchev–Trinajstić information content (AvgIpc) is 2.91. The number of benzene rings is 1. The van der Waals surface area contributed by atoms with Crippen LogP contribution < -0.4 is 15.4 Å². The molecule has 1 fully saturated rings. The Bertz CT molecular complexity index is 493. The van der Waals surface area contributed by atoms with Crippen LogP contribution in [-0.2, 0) is 11.3 Å². The zero-order valence-corrected chi connectivity index (χ0v) is 13.2. The Labute approximate surface area is 131 Å². The van der Waals surface area contributed by atoms with Crippen LogP contribution in [0, 0.1) is 5.92 Å². The lowest BCUT2D eigenvalue weighted by atomic mass is 10.1. The minimum absolute atomic E-state index is 0.0370. The highest BCUT2D eigenvalue weighted by molar-refractivity contribution is 5.77. The van der Waals surface area contributed by atoms with E-state index in [0.717, 1.165) is 24.4 Å². The average molecular weight is 307 g/mol. The quantitative estimate of drug-likeness (QED) is 0.652. The molecule has 1 saturated heterocycles. The Hall–Kier alpha value is -1.63. The number of rotatable bonds is 7. The fourth-order valence-electron chi connectivity index (χ4n) is 2.38. The molecule has 1 aliphatic rings. The Balaban J connectivity index is 1.84. The van der Waals surface area contributed by atoms with Gasteiger partial charge in [0.15, 0.2) is 6.61 Å². The normalized spacial score (nSPS) is 20.9. The number of ether oxygens (including phenoxy) is 1. The van der Waals surface area contributed by atoms with Crippen LogP contribution in [-0.4, -0.2) is 62.4 Å². The smallest absolute Gasteiger partial charge is 0.259 e. The summed E-state index contributed by atoms with van der Waals surface area (Å²) in [7, 11) is 3.42. The van der Waals surface area contributed by atoms with Crippen molar-refractivity contribution in [1.82, 2.24) is 15.5 Å². The first-order chi connectivity index (χ1) is 10.6. The van der Waals surface area contributed by atoms with E-state index in [9.17, 15) is 9.90 Å². The second-order valence-corrected chi connectivity index (χ2v) is 5.80. The summed E-state index contributed by atoms with van der Waals surface area (Å²) < 4.78 is 5.61. The van der Waals surface area contributed by atoms with Crippen molar-refractivity contribution < 1.29 is 14.6 Å². The summed E-state index contributed by atoms with van der Waals surface area (Å²) in [6, 6.07) is 7.69. The molecule has 6 heteroatoms. The number of aliphatic hydroxyl groups is 1. The van der Waals surface area contributed by atoms with Gasteiger partial charge in [0.05, 0.1) is 6.10 Å². The van der Waals surface area contributed by atoms with Gasteiger partial charge in [-0.3, -0.25) is 4.79 Å². The maximum absolute atomic E-state index is 11.6. The van der Waals surface area contributed by atoms with Gasteiger partial charge in [0.2, 0.25) is 0 Å². The standard InChI is InChI=1S/C16H25N3O3/c1-19(2)16(21)11-22-15-6-4-3-5-12(15)7-17-8-13-9-18-10-14(13)20/h3-6,13-14,17-18,20H,7-11H2,1-2H3. The number of para-hydroxylation sites is 1. The van der Waals surface area contributed by atoms with Crippen molar-refractivity contribution in [3.8, 4) is 5.75 Å². The predicted octanol–water partition coefficient (Wildman–Crippen LogP) is -0.176. The van der Waals surface area contributed by atoms with Crippen LogP contribution >= 0.6 is 0 Å². The van der Waals surface area contributed by atoms with Crippen molar-refractivity contribution in [2.24, 2.45) is 5.92 Å². The monoisotopic (exact) mass is 307 g/mol. The second-order valence-electron chi connectivity index (χ2n) is 5.80. The number of amides is 1. The summed E-state index contributed by atoms with van der Waals surface area (Å²) in [6.45, 7) is 2.94. The number of carbonyl (C=O) groups is 1. The van der Waals surface area contributed by atoms with Gasteiger partial charge in [0, 0.05) is 51.8 Å². The van der Waals surface area contributed by atoms with Crippen molar-refractivity contribution in [3.63, 3.8) is 0 Å². The van der Waals surface area contributed by atoms with E-state index in [-0.39, 0.29) is 24.5 Å². The van der Waals surface area contributed by atoms with Crippen molar-refractivity contribution in [3.05, 3.63) is 29.8 Å². The lowest BCUT2D eigenvalue weighted by molar-refractivity contribution is -0.130. The number of nitrogens with zero attached hydrogens (tertiary/aromatic N) is 1. The van der Waals surface area contributed by atoms with Crippen LogP contribution in [0.15, 0.2) is 24.3 Å². The fraction of sp³-hybridized carbons (Fsp3) is 0.562. The molecule has 122 valence electrons.